The SMILES string of the molecule is Cc1cc(/C=N/Nc2nc3ccc(Cl)cc3[nH]2)co1. The average Bonchev–Trinajstić information content (AvgIpc) is 2.95. The Balaban J connectivity index is 1.76. The summed E-state index contributed by atoms with van der Waals surface area (Å²) in [6, 6.07) is 7.36. The Labute approximate surface area is 114 Å². The van der Waals surface area contributed by atoms with E-state index in [9.17, 15) is 0 Å². The number of nitrogens with one attached hydrogen (secondary N) is 2. The summed E-state index contributed by atoms with van der Waals surface area (Å²) in [6.07, 6.45) is 3.30. The number of hydrazone groups is 1. The predicted octanol–water partition coefficient (Wildman–Crippen LogP) is 3.56. The van der Waals surface area contributed by atoms with E-state index in [0.717, 1.165) is 22.4 Å². The summed E-state index contributed by atoms with van der Waals surface area (Å²) in [4.78, 5) is 7.41. The van der Waals surface area contributed by atoms with Crippen LogP contribution in [0.5, 0.6) is 0 Å². The van der Waals surface area contributed by atoms with Crippen molar-refractivity contribution in [2.24, 2.45) is 5.10 Å². The van der Waals surface area contributed by atoms with Gasteiger partial charge in [-0.15, -0.1) is 0 Å². The van der Waals surface area contributed by atoms with E-state index in [4.69, 9.17) is 16.0 Å². The highest BCUT2D eigenvalue weighted by molar-refractivity contribution is 6.31. The van der Waals surface area contributed by atoms with Crippen molar-refractivity contribution in [3.8, 4) is 0 Å². The zero-order chi connectivity index (χ0) is 13.2. The smallest absolute Gasteiger partial charge is 0.222 e. The molecular formula is C13H11ClN4O. The molecule has 96 valence electrons. The largest absolute Gasteiger partial charge is 0.469 e. The molecule has 0 spiro atoms. The van der Waals surface area contributed by atoms with Gasteiger partial charge >= 0.3 is 0 Å². The summed E-state index contributed by atoms with van der Waals surface area (Å²) in [7, 11) is 0. The molecule has 0 radical (unpaired) electrons. The lowest BCUT2D eigenvalue weighted by atomic mass is 10.3. The summed E-state index contributed by atoms with van der Waals surface area (Å²) in [5.74, 6) is 1.41. The lowest BCUT2D eigenvalue weighted by molar-refractivity contribution is 0.534. The molecule has 2 heterocycles. The van der Waals surface area contributed by atoms with E-state index in [2.05, 4.69) is 20.5 Å². The fraction of sp³-hybridized carbons (Fsp3) is 0.0769. The first-order valence-electron chi connectivity index (χ1n) is 5.70. The first kappa shape index (κ1) is 11.8. The Morgan fingerprint density at radius 3 is 3.11 bits per heavy atom. The van der Waals surface area contributed by atoms with Crippen LogP contribution in [0.15, 0.2) is 40.0 Å². The molecule has 0 fully saturated rings. The van der Waals surface area contributed by atoms with Gasteiger partial charge in [0.15, 0.2) is 0 Å². The number of hydrogen-bond donors (Lipinski definition) is 2. The van der Waals surface area contributed by atoms with Crippen molar-refractivity contribution in [2.45, 2.75) is 6.92 Å². The van der Waals surface area contributed by atoms with Crippen LogP contribution >= 0.6 is 11.6 Å². The minimum atomic E-state index is 0.564. The zero-order valence-electron chi connectivity index (χ0n) is 10.1. The lowest BCUT2D eigenvalue weighted by Gasteiger charge is -1.91. The molecule has 0 aliphatic heterocycles. The number of anilines is 1. The summed E-state index contributed by atoms with van der Waals surface area (Å²) in [5, 5.41) is 4.75. The molecule has 0 saturated heterocycles. The van der Waals surface area contributed by atoms with Gasteiger partial charge in [-0.1, -0.05) is 11.6 Å². The molecule has 3 aromatic rings. The number of aromatic nitrogens is 2. The Morgan fingerprint density at radius 2 is 2.32 bits per heavy atom. The molecule has 0 atom stereocenters. The monoisotopic (exact) mass is 274 g/mol. The molecule has 0 saturated carbocycles. The fourth-order valence-electron chi connectivity index (χ4n) is 1.73. The number of H-pyrrole nitrogens is 1. The molecule has 3 rings (SSSR count). The molecule has 0 bridgehead atoms. The van der Waals surface area contributed by atoms with Crippen molar-refractivity contribution in [2.75, 3.05) is 5.43 Å². The van der Waals surface area contributed by atoms with E-state index in [-0.39, 0.29) is 0 Å². The van der Waals surface area contributed by atoms with Crippen LogP contribution in [-0.4, -0.2) is 16.2 Å². The van der Waals surface area contributed by atoms with Crippen LogP contribution in [0.25, 0.3) is 11.0 Å². The maximum Gasteiger partial charge on any atom is 0.222 e. The van der Waals surface area contributed by atoms with E-state index in [1.807, 2.05) is 25.1 Å². The molecule has 2 aromatic heterocycles. The van der Waals surface area contributed by atoms with E-state index >= 15 is 0 Å². The Bertz CT molecular complexity index is 744. The topological polar surface area (TPSA) is 66.2 Å². The Kier molecular flexibility index (Phi) is 2.97. The number of furan rings is 1. The quantitative estimate of drug-likeness (QED) is 0.567. The summed E-state index contributed by atoms with van der Waals surface area (Å²) < 4.78 is 5.17. The van der Waals surface area contributed by atoms with Gasteiger partial charge < -0.3 is 9.40 Å². The number of rotatable bonds is 3. The van der Waals surface area contributed by atoms with Gasteiger partial charge in [0.05, 0.1) is 23.5 Å². The third-order valence-electron chi connectivity index (χ3n) is 2.58. The van der Waals surface area contributed by atoms with E-state index in [0.29, 0.717) is 11.0 Å². The second-order valence-corrected chi connectivity index (χ2v) is 4.54. The second-order valence-electron chi connectivity index (χ2n) is 4.11. The van der Waals surface area contributed by atoms with Crippen LogP contribution in [0.1, 0.15) is 11.3 Å². The number of halogens is 1. The van der Waals surface area contributed by atoms with Crippen molar-refractivity contribution >= 4 is 34.8 Å². The summed E-state index contributed by atoms with van der Waals surface area (Å²) >= 11 is 5.91. The minimum absolute atomic E-state index is 0.564. The van der Waals surface area contributed by atoms with Crippen molar-refractivity contribution < 1.29 is 4.42 Å². The van der Waals surface area contributed by atoms with E-state index < -0.39 is 0 Å². The highest BCUT2D eigenvalue weighted by Crippen LogP contribution is 2.18. The van der Waals surface area contributed by atoms with E-state index in [1.54, 1.807) is 18.5 Å². The molecule has 5 nitrogen and oxygen atoms in total. The standard InChI is InChI=1S/C13H11ClN4O/c1-8-4-9(7-19-8)6-15-18-13-16-11-3-2-10(14)5-12(11)17-13/h2-7H,1H3,(H2,16,17,18)/b15-6+. The number of aromatic amines is 1. The Hall–Kier alpha value is -2.27. The van der Waals surface area contributed by atoms with Gasteiger partial charge in [-0.3, -0.25) is 0 Å². The average molecular weight is 275 g/mol. The van der Waals surface area contributed by atoms with Crippen LogP contribution in [0.2, 0.25) is 5.02 Å². The van der Waals surface area contributed by atoms with Crippen LogP contribution in [0.4, 0.5) is 5.95 Å². The summed E-state index contributed by atoms with van der Waals surface area (Å²) in [6.45, 7) is 1.88. The van der Waals surface area contributed by atoms with Gasteiger partial charge in [-0.2, -0.15) is 5.10 Å². The van der Waals surface area contributed by atoms with Crippen LogP contribution in [0, 0.1) is 6.92 Å². The van der Waals surface area contributed by atoms with Gasteiger partial charge in [0.2, 0.25) is 5.95 Å². The van der Waals surface area contributed by atoms with Gasteiger partial charge in [0.1, 0.15) is 5.76 Å². The molecule has 19 heavy (non-hydrogen) atoms. The second kappa shape index (κ2) is 4.78. The third kappa shape index (κ3) is 2.61. The molecule has 0 unspecified atom stereocenters. The van der Waals surface area contributed by atoms with Gasteiger partial charge in [-0.05, 0) is 31.2 Å². The van der Waals surface area contributed by atoms with Gasteiger partial charge in [0, 0.05) is 10.6 Å². The van der Waals surface area contributed by atoms with Crippen molar-refractivity contribution in [3.63, 3.8) is 0 Å². The molecule has 2 N–H and O–H groups in total. The maximum atomic E-state index is 5.91. The fourth-order valence-corrected chi connectivity index (χ4v) is 1.91. The predicted molar refractivity (Wildman–Crippen MR) is 75.8 cm³/mol. The number of fused-ring (bicyclic) bond motifs is 1. The first-order valence-corrected chi connectivity index (χ1v) is 6.08. The van der Waals surface area contributed by atoms with Crippen LogP contribution in [-0.2, 0) is 0 Å². The molecule has 0 aliphatic carbocycles. The number of hydrogen-bond acceptors (Lipinski definition) is 4. The normalized spacial score (nSPS) is 11.5. The maximum absolute atomic E-state index is 5.91. The number of imidazole rings is 1. The number of nitrogens with zero attached hydrogens (tertiary/aromatic N) is 2. The van der Waals surface area contributed by atoms with Crippen LogP contribution in [0.3, 0.4) is 0 Å². The van der Waals surface area contributed by atoms with E-state index in [1.165, 1.54) is 0 Å². The highest BCUT2D eigenvalue weighted by Gasteiger charge is 2.01. The number of aryl methyl sites for hydroxylation is 1. The minimum Gasteiger partial charge on any atom is -0.469 e. The molecule has 6 heteroatoms. The summed E-state index contributed by atoms with van der Waals surface area (Å²) in [5.41, 5.74) is 5.42. The van der Waals surface area contributed by atoms with Gasteiger partial charge in [-0.25, -0.2) is 10.4 Å². The van der Waals surface area contributed by atoms with Crippen molar-refractivity contribution in [3.05, 3.63) is 46.9 Å². The zero-order valence-corrected chi connectivity index (χ0v) is 10.9. The molecule has 1 aromatic carbocycles. The van der Waals surface area contributed by atoms with Gasteiger partial charge in [0.25, 0.3) is 0 Å². The molecular weight excluding hydrogens is 264 g/mol. The lowest BCUT2D eigenvalue weighted by Crippen LogP contribution is -1.91. The number of benzene rings is 1. The third-order valence-corrected chi connectivity index (χ3v) is 2.81. The molecule has 0 amide bonds. The van der Waals surface area contributed by atoms with Crippen molar-refractivity contribution in [1.82, 2.24) is 9.97 Å². The van der Waals surface area contributed by atoms with Crippen molar-refractivity contribution in [1.29, 1.82) is 0 Å². The highest BCUT2D eigenvalue weighted by atomic mass is 35.5. The molecule has 0 aliphatic rings. The van der Waals surface area contributed by atoms with Crippen LogP contribution < -0.4 is 5.43 Å². The Morgan fingerprint density at radius 1 is 1.42 bits per heavy atom. The first-order chi connectivity index (χ1) is 9.20.